The van der Waals surface area contributed by atoms with E-state index in [-0.39, 0.29) is 35.7 Å². The number of aromatic nitrogens is 1. The first kappa shape index (κ1) is 30.0. The molecule has 0 spiro atoms. The van der Waals surface area contributed by atoms with Crippen molar-refractivity contribution in [3.8, 4) is 0 Å². The van der Waals surface area contributed by atoms with Gasteiger partial charge in [0, 0.05) is 29.3 Å². The lowest BCUT2D eigenvalue weighted by Crippen LogP contribution is -2.23. The van der Waals surface area contributed by atoms with E-state index >= 15 is 0 Å². The van der Waals surface area contributed by atoms with Crippen LogP contribution in [0.3, 0.4) is 0 Å². The summed E-state index contributed by atoms with van der Waals surface area (Å²) in [7, 11) is 0. The standard InChI is InChI=1S/C38H29F3N4O2/c39-38(40,41)32-8-4-6-28-27(17-18-43-35(28)32)31-20-30(31)25-15-16-26-24(19-25)5-3-7-29(26)37(47)44-21-22-11-13-23(14-12-22)36(46)45-34-10-2-1-9-33(34)42/h1-19,30-31H,20-21,42H2,(H,44,47)(H,45,46). The molecule has 1 aliphatic carbocycles. The lowest BCUT2D eigenvalue weighted by Gasteiger charge is -2.12. The van der Waals surface area contributed by atoms with E-state index < -0.39 is 11.7 Å². The highest BCUT2D eigenvalue weighted by atomic mass is 19.4. The Labute approximate surface area is 268 Å². The van der Waals surface area contributed by atoms with E-state index in [0.717, 1.165) is 39.9 Å². The molecule has 1 aromatic heterocycles. The quantitative estimate of drug-likeness (QED) is 0.154. The summed E-state index contributed by atoms with van der Waals surface area (Å²) >= 11 is 0. The number of alkyl halides is 3. The van der Waals surface area contributed by atoms with Crippen LogP contribution < -0.4 is 16.4 Å². The fraction of sp³-hybridized carbons (Fsp3) is 0.132. The summed E-state index contributed by atoms with van der Waals surface area (Å²) in [6.45, 7) is 0.278. The Hall–Kier alpha value is -5.70. The van der Waals surface area contributed by atoms with E-state index in [1.807, 2.05) is 30.3 Å². The molecule has 9 heteroatoms. The number of carbonyl (C=O) groups is 2. The molecule has 2 atom stereocenters. The molecule has 1 saturated carbocycles. The van der Waals surface area contributed by atoms with E-state index in [1.165, 1.54) is 12.3 Å². The van der Waals surface area contributed by atoms with Gasteiger partial charge in [-0.2, -0.15) is 13.2 Å². The smallest absolute Gasteiger partial charge is 0.397 e. The number of pyridine rings is 1. The average Bonchev–Trinajstić information content (AvgIpc) is 3.88. The highest BCUT2D eigenvalue weighted by Gasteiger charge is 2.41. The van der Waals surface area contributed by atoms with Gasteiger partial charge in [-0.1, -0.05) is 66.7 Å². The van der Waals surface area contributed by atoms with Crippen molar-refractivity contribution in [1.29, 1.82) is 0 Å². The number of fused-ring (bicyclic) bond motifs is 2. The van der Waals surface area contributed by atoms with Crippen molar-refractivity contribution in [3.63, 3.8) is 0 Å². The van der Waals surface area contributed by atoms with Crippen LogP contribution in [0.15, 0.2) is 115 Å². The van der Waals surface area contributed by atoms with E-state index in [0.29, 0.717) is 27.9 Å². The van der Waals surface area contributed by atoms with Crippen molar-refractivity contribution in [2.45, 2.75) is 31.0 Å². The molecule has 2 unspecified atom stereocenters. The van der Waals surface area contributed by atoms with Gasteiger partial charge in [-0.15, -0.1) is 0 Å². The van der Waals surface area contributed by atoms with Gasteiger partial charge in [0.15, 0.2) is 0 Å². The summed E-state index contributed by atoms with van der Waals surface area (Å²) in [5.41, 5.74) is 9.98. The molecule has 1 fully saturated rings. The third kappa shape index (κ3) is 6.00. The summed E-state index contributed by atoms with van der Waals surface area (Å²) in [4.78, 5) is 30.0. The largest absolute Gasteiger partial charge is 0.418 e. The second kappa shape index (κ2) is 11.9. The molecule has 47 heavy (non-hydrogen) atoms. The van der Waals surface area contributed by atoms with Crippen LogP contribution in [0, 0.1) is 0 Å². The predicted molar refractivity (Wildman–Crippen MR) is 177 cm³/mol. The third-order valence-corrected chi connectivity index (χ3v) is 8.76. The number of hydrogen-bond acceptors (Lipinski definition) is 4. The highest BCUT2D eigenvalue weighted by Crippen LogP contribution is 2.56. The van der Waals surface area contributed by atoms with Gasteiger partial charge in [0.05, 0.1) is 22.5 Å². The maximum atomic E-state index is 13.6. The van der Waals surface area contributed by atoms with Gasteiger partial charge in [0.25, 0.3) is 11.8 Å². The number of anilines is 2. The summed E-state index contributed by atoms with van der Waals surface area (Å²) in [5, 5.41) is 8.02. The van der Waals surface area contributed by atoms with Gasteiger partial charge in [0.2, 0.25) is 0 Å². The van der Waals surface area contributed by atoms with Crippen molar-refractivity contribution >= 4 is 44.9 Å². The molecule has 7 rings (SSSR count). The number of amides is 2. The molecule has 234 valence electrons. The average molecular weight is 631 g/mol. The summed E-state index contributed by atoms with van der Waals surface area (Å²) in [6, 6.07) is 31.6. The monoisotopic (exact) mass is 630 g/mol. The first-order valence-electron chi connectivity index (χ1n) is 15.2. The van der Waals surface area contributed by atoms with Gasteiger partial charge < -0.3 is 16.4 Å². The first-order valence-corrected chi connectivity index (χ1v) is 15.2. The predicted octanol–water partition coefficient (Wildman–Crippen LogP) is 8.44. The third-order valence-electron chi connectivity index (χ3n) is 8.76. The van der Waals surface area contributed by atoms with Crippen molar-refractivity contribution in [2.75, 3.05) is 11.1 Å². The number of nitrogens with one attached hydrogen (secondary N) is 2. The zero-order valence-electron chi connectivity index (χ0n) is 25.0. The number of hydrogen-bond donors (Lipinski definition) is 3. The van der Waals surface area contributed by atoms with Crippen molar-refractivity contribution in [1.82, 2.24) is 10.3 Å². The zero-order valence-corrected chi connectivity index (χ0v) is 25.0. The second-order valence-electron chi connectivity index (χ2n) is 11.8. The summed E-state index contributed by atoms with van der Waals surface area (Å²) < 4.78 is 40.8. The minimum absolute atomic E-state index is 0.0209. The van der Waals surface area contributed by atoms with Crippen molar-refractivity contribution < 1.29 is 22.8 Å². The van der Waals surface area contributed by atoms with Crippen LogP contribution in [-0.4, -0.2) is 16.8 Å². The molecule has 0 saturated heterocycles. The number of halogens is 3. The Kier molecular flexibility index (Phi) is 7.60. The SMILES string of the molecule is Nc1ccccc1NC(=O)c1ccc(CNC(=O)c2cccc3cc(C4CC4c4ccnc5c(C(F)(F)F)cccc45)ccc23)cc1. The van der Waals surface area contributed by atoms with Crippen LogP contribution >= 0.6 is 0 Å². The maximum absolute atomic E-state index is 13.6. The van der Waals surface area contributed by atoms with Crippen LogP contribution in [0.25, 0.3) is 21.7 Å². The number of benzene rings is 5. The molecule has 0 aliphatic heterocycles. The van der Waals surface area contributed by atoms with E-state index in [4.69, 9.17) is 5.73 Å². The Morgan fingerprint density at radius 2 is 1.60 bits per heavy atom. The molecule has 5 aromatic carbocycles. The van der Waals surface area contributed by atoms with Crippen molar-refractivity contribution in [3.05, 3.63) is 149 Å². The molecular formula is C38H29F3N4O2. The molecule has 1 heterocycles. The number of nitrogens with two attached hydrogens (primary N) is 1. The van der Waals surface area contributed by atoms with Gasteiger partial charge in [-0.3, -0.25) is 14.6 Å². The molecule has 1 aliphatic rings. The van der Waals surface area contributed by atoms with Gasteiger partial charge in [-0.05, 0) is 88.2 Å². The Bertz CT molecular complexity index is 2160. The van der Waals surface area contributed by atoms with Gasteiger partial charge in [-0.25, -0.2) is 0 Å². The fourth-order valence-corrected chi connectivity index (χ4v) is 6.24. The second-order valence-corrected chi connectivity index (χ2v) is 11.8. The van der Waals surface area contributed by atoms with E-state index in [2.05, 4.69) is 21.7 Å². The zero-order chi connectivity index (χ0) is 32.7. The Morgan fingerprint density at radius 3 is 2.38 bits per heavy atom. The molecule has 0 bridgehead atoms. The van der Waals surface area contributed by atoms with E-state index in [1.54, 1.807) is 60.7 Å². The fourth-order valence-electron chi connectivity index (χ4n) is 6.24. The molecule has 6 aromatic rings. The molecule has 6 nitrogen and oxygen atoms in total. The van der Waals surface area contributed by atoms with Crippen LogP contribution in [0.1, 0.15) is 61.2 Å². The normalized spacial score (nSPS) is 15.8. The Morgan fingerprint density at radius 1 is 0.809 bits per heavy atom. The van der Waals surface area contributed by atoms with Gasteiger partial charge >= 0.3 is 6.18 Å². The first-order chi connectivity index (χ1) is 22.7. The molecule has 2 amide bonds. The van der Waals surface area contributed by atoms with Crippen LogP contribution in [0.4, 0.5) is 24.5 Å². The van der Waals surface area contributed by atoms with Crippen molar-refractivity contribution in [2.24, 2.45) is 0 Å². The number of nitrogens with zero attached hydrogens (tertiary/aromatic N) is 1. The topological polar surface area (TPSA) is 97.1 Å². The van der Waals surface area contributed by atoms with Crippen LogP contribution in [0.2, 0.25) is 0 Å². The van der Waals surface area contributed by atoms with Gasteiger partial charge in [0.1, 0.15) is 0 Å². The molecular weight excluding hydrogens is 601 g/mol. The minimum Gasteiger partial charge on any atom is -0.397 e. The number of rotatable bonds is 7. The summed E-state index contributed by atoms with van der Waals surface area (Å²) in [5.74, 6) is -0.262. The maximum Gasteiger partial charge on any atom is 0.418 e. The van der Waals surface area contributed by atoms with Crippen LogP contribution in [0.5, 0.6) is 0 Å². The minimum atomic E-state index is -4.47. The number of carbonyl (C=O) groups excluding carboxylic acids is 2. The Balaban J connectivity index is 1.03. The lowest BCUT2D eigenvalue weighted by molar-refractivity contribution is -0.136. The number of nitrogen functional groups attached to an aromatic ring is 1. The van der Waals surface area contributed by atoms with Crippen LogP contribution in [-0.2, 0) is 12.7 Å². The summed E-state index contributed by atoms with van der Waals surface area (Å²) in [6.07, 6.45) is -2.19. The lowest BCUT2D eigenvalue weighted by atomic mass is 9.96. The number of para-hydroxylation sites is 3. The van der Waals surface area contributed by atoms with E-state index in [9.17, 15) is 22.8 Å². The highest BCUT2D eigenvalue weighted by molar-refractivity contribution is 6.07. The molecule has 4 N–H and O–H groups in total. The molecule has 0 radical (unpaired) electrons.